The second-order valence-corrected chi connectivity index (χ2v) is 10.3. The molecule has 0 bridgehead atoms. The maximum atomic E-state index is 15.6. The zero-order chi connectivity index (χ0) is 29.7. The zero-order valence-corrected chi connectivity index (χ0v) is 22.8. The van der Waals surface area contributed by atoms with Gasteiger partial charge in [0.15, 0.2) is 23.7 Å². The first-order valence-corrected chi connectivity index (χ1v) is 13.5. The van der Waals surface area contributed by atoms with Crippen molar-refractivity contribution in [2.75, 3.05) is 6.61 Å². The number of carbonyl (C=O) groups excluding carboxylic acids is 1. The molecule has 1 fully saturated rings. The minimum Gasteiger partial charge on any atom is -0.459 e. The Morgan fingerprint density at radius 3 is 2.54 bits per heavy atom. The number of ether oxygens (including phenoxy) is 2. The highest BCUT2D eigenvalue weighted by atomic mass is 31.1. The molecule has 0 saturated carbocycles. The minimum atomic E-state index is -2.90. The predicted molar refractivity (Wildman–Crippen MR) is 139 cm³/mol. The summed E-state index contributed by atoms with van der Waals surface area (Å²) in [6.45, 7) is 1.49. The van der Waals surface area contributed by atoms with E-state index in [9.17, 15) is 28.4 Å². The van der Waals surface area contributed by atoms with Crippen LogP contribution in [0.2, 0.25) is 0 Å². The van der Waals surface area contributed by atoms with E-state index in [1.807, 2.05) is 4.98 Å². The van der Waals surface area contributed by atoms with Gasteiger partial charge in [0, 0.05) is 16.8 Å². The third-order valence-corrected chi connectivity index (χ3v) is 7.40. The van der Waals surface area contributed by atoms with Crippen molar-refractivity contribution in [2.45, 2.75) is 50.6 Å². The molecule has 0 amide bonds. The summed E-state index contributed by atoms with van der Waals surface area (Å²) in [5.41, 5.74) is -3.68. The minimum absolute atomic E-state index is 0.195. The van der Waals surface area contributed by atoms with E-state index < -0.39 is 68.0 Å². The molecule has 6 atom stereocenters. The lowest BCUT2D eigenvalue weighted by Gasteiger charge is -2.24. The number of hydrogen-bond donors (Lipinski definition) is 2. The van der Waals surface area contributed by atoms with Gasteiger partial charge in [-0.2, -0.15) is 0 Å². The normalized spacial score (nSPS) is 23.3. The fourth-order valence-electron chi connectivity index (χ4n) is 3.97. The van der Waals surface area contributed by atoms with Crippen LogP contribution >= 0.6 is 8.18 Å². The Labute approximate surface area is 232 Å². The lowest BCUT2D eigenvalue weighted by Crippen LogP contribution is -2.44. The van der Waals surface area contributed by atoms with Crippen molar-refractivity contribution in [3.05, 3.63) is 99.1 Å². The van der Waals surface area contributed by atoms with Crippen LogP contribution in [0.25, 0.3) is 0 Å². The van der Waals surface area contributed by atoms with Crippen LogP contribution in [0.15, 0.2) is 76.4 Å². The number of nitrogens with one attached hydrogen (secondary N) is 1. The van der Waals surface area contributed by atoms with Gasteiger partial charge in [-0.1, -0.05) is 30.3 Å². The molecule has 1 aromatic heterocycles. The molecule has 1 saturated heterocycles. The monoisotopic (exact) mass is 594 g/mol. The zero-order valence-electron chi connectivity index (χ0n) is 21.9. The SMILES string of the molecule is C[C@@H](C(=O)OCc1ccc(F)cc1)N(OC[C@H]1O[C@@H](n2ccc(=O)[nH]c2=O)[C@](C)(F)[C@@H]1O)[P+](=O)Oc1ccccc1. The van der Waals surface area contributed by atoms with Crippen LogP contribution in [-0.2, 0) is 30.3 Å². The third kappa shape index (κ3) is 7.10. The Kier molecular flexibility index (Phi) is 9.41. The predicted octanol–water partition coefficient (Wildman–Crippen LogP) is 2.76. The highest BCUT2D eigenvalue weighted by molar-refractivity contribution is 7.36. The number of hydrogen-bond acceptors (Lipinski definition) is 9. The number of aliphatic hydroxyl groups excluding tert-OH is 1. The number of carbonyl (C=O) groups is 1. The highest BCUT2D eigenvalue weighted by Crippen LogP contribution is 2.41. The number of esters is 1. The topological polar surface area (TPSA) is 149 Å². The molecule has 15 heteroatoms. The average molecular weight is 594 g/mol. The van der Waals surface area contributed by atoms with Crippen LogP contribution < -0.4 is 15.8 Å². The third-order valence-electron chi connectivity index (χ3n) is 6.25. The molecule has 1 aliphatic heterocycles. The molecule has 1 unspecified atom stereocenters. The summed E-state index contributed by atoms with van der Waals surface area (Å²) in [5, 5.41) is 10.6. The van der Waals surface area contributed by atoms with Crippen LogP contribution in [0.5, 0.6) is 5.75 Å². The van der Waals surface area contributed by atoms with Gasteiger partial charge in [0.25, 0.3) is 5.56 Å². The number of alkyl halides is 1. The number of aliphatic hydroxyl groups is 1. The number of aromatic nitrogens is 2. The van der Waals surface area contributed by atoms with E-state index in [1.54, 1.807) is 18.2 Å². The summed E-state index contributed by atoms with van der Waals surface area (Å²) in [7, 11) is -2.90. The molecule has 2 heterocycles. The van der Waals surface area contributed by atoms with Crippen molar-refractivity contribution in [3.63, 3.8) is 0 Å². The van der Waals surface area contributed by atoms with Crippen LogP contribution in [0.3, 0.4) is 0 Å². The molecule has 218 valence electrons. The van der Waals surface area contributed by atoms with Gasteiger partial charge in [0.1, 0.15) is 31.2 Å². The average Bonchev–Trinajstić information content (AvgIpc) is 3.16. The summed E-state index contributed by atoms with van der Waals surface area (Å²) in [6, 6.07) is 12.9. The second-order valence-electron chi connectivity index (χ2n) is 9.29. The first-order chi connectivity index (χ1) is 19.5. The number of benzene rings is 2. The molecule has 3 aromatic rings. The Balaban J connectivity index is 1.49. The van der Waals surface area contributed by atoms with Gasteiger partial charge in [0.05, 0.1) is 4.83 Å². The van der Waals surface area contributed by atoms with E-state index in [0.29, 0.717) is 10.4 Å². The largest absolute Gasteiger partial charge is 0.693 e. The van der Waals surface area contributed by atoms with E-state index >= 15 is 4.39 Å². The number of rotatable bonds is 11. The van der Waals surface area contributed by atoms with Crippen LogP contribution in [-0.4, -0.2) is 56.0 Å². The van der Waals surface area contributed by atoms with E-state index in [2.05, 4.69) is 0 Å². The Bertz CT molecular complexity index is 1480. The molecule has 2 aromatic carbocycles. The van der Waals surface area contributed by atoms with E-state index in [0.717, 1.165) is 23.8 Å². The molecule has 41 heavy (non-hydrogen) atoms. The van der Waals surface area contributed by atoms with Crippen LogP contribution in [0.1, 0.15) is 25.6 Å². The molecule has 0 radical (unpaired) electrons. The van der Waals surface area contributed by atoms with Crippen molar-refractivity contribution >= 4 is 14.1 Å². The maximum absolute atomic E-state index is 15.6. The Morgan fingerprint density at radius 2 is 1.88 bits per heavy atom. The maximum Gasteiger partial charge on any atom is 0.693 e. The van der Waals surface area contributed by atoms with Gasteiger partial charge >= 0.3 is 19.8 Å². The summed E-state index contributed by atoms with van der Waals surface area (Å²) < 4.78 is 58.9. The van der Waals surface area contributed by atoms with Crippen LogP contribution in [0, 0.1) is 5.82 Å². The Morgan fingerprint density at radius 1 is 1.20 bits per heavy atom. The smallest absolute Gasteiger partial charge is 0.459 e. The fraction of sp³-hybridized carbons (Fsp3) is 0.346. The van der Waals surface area contributed by atoms with Gasteiger partial charge in [0.2, 0.25) is 0 Å². The molecule has 2 N–H and O–H groups in total. The van der Waals surface area contributed by atoms with Crippen molar-refractivity contribution in [3.8, 4) is 5.75 Å². The summed E-state index contributed by atoms with van der Waals surface area (Å²) in [5.74, 6) is -1.15. The highest BCUT2D eigenvalue weighted by Gasteiger charge is 2.56. The van der Waals surface area contributed by atoms with Crippen molar-refractivity contribution in [1.29, 1.82) is 0 Å². The molecular formula is C26H27F2N3O9P+. The van der Waals surface area contributed by atoms with Gasteiger partial charge in [-0.25, -0.2) is 18.1 Å². The summed E-state index contributed by atoms with van der Waals surface area (Å²) in [4.78, 5) is 44.7. The lowest BCUT2D eigenvalue weighted by atomic mass is 9.98. The van der Waals surface area contributed by atoms with Crippen molar-refractivity contribution in [1.82, 2.24) is 14.4 Å². The summed E-state index contributed by atoms with van der Waals surface area (Å²) >= 11 is 0. The number of H-pyrrole nitrogens is 1. The van der Waals surface area contributed by atoms with Crippen molar-refractivity contribution in [2.24, 2.45) is 0 Å². The number of hydroxylamine groups is 1. The lowest BCUT2D eigenvalue weighted by molar-refractivity contribution is -0.181. The Hall–Kier alpha value is -3.81. The van der Waals surface area contributed by atoms with Crippen LogP contribution in [0.4, 0.5) is 8.78 Å². The molecular weight excluding hydrogens is 567 g/mol. The van der Waals surface area contributed by atoms with E-state index in [-0.39, 0.29) is 12.4 Å². The number of para-hydroxylation sites is 1. The van der Waals surface area contributed by atoms with E-state index in [4.69, 9.17) is 18.8 Å². The molecule has 12 nitrogen and oxygen atoms in total. The molecule has 0 spiro atoms. The number of halogens is 2. The van der Waals surface area contributed by atoms with E-state index in [1.165, 1.54) is 43.3 Å². The molecule has 0 aliphatic carbocycles. The standard InChI is InChI=1S/C26H26F2N3O9P/c1-16(23(34)37-14-17-8-10-18(27)11-9-17)31(41(36)40-19-6-4-3-5-7-19)38-15-20-22(33)26(2,28)24(39-20)30-13-12-21(32)29-25(30)35/h3-13,16,20,22,24,33H,14-15H2,1-2H3/p+1/t16-,20+,22+,24+,26+/m0/s1. The summed E-state index contributed by atoms with van der Waals surface area (Å²) in [6.07, 6.45) is -3.85. The fourth-order valence-corrected chi connectivity index (χ4v) is 4.89. The second kappa shape index (κ2) is 12.8. The number of nitrogens with zero attached hydrogens (tertiary/aromatic N) is 2. The first-order valence-electron chi connectivity index (χ1n) is 12.3. The van der Waals surface area contributed by atoms with Gasteiger partial charge in [-0.05, 0) is 43.7 Å². The molecule has 1 aliphatic rings. The van der Waals surface area contributed by atoms with Gasteiger partial charge in [-0.3, -0.25) is 24.0 Å². The first kappa shape index (κ1) is 30.2. The quantitative estimate of drug-likeness (QED) is 0.193. The number of aromatic amines is 1. The van der Waals surface area contributed by atoms with Gasteiger partial charge in [-0.15, -0.1) is 0 Å². The molecule has 4 rings (SSSR count). The van der Waals surface area contributed by atoms with Gasteiger partial charge < -0.3 is 14.6 Å². The van der Waals surface area contributed by atoms with Crippen molar-refractivity contribution < 1.29 is 42.1 Å².